The highest BCUT2D eigenvalue weighted by Gasteiger charge is 2.36. The molecule has 2 aliphatic rings. The van der Waals surface area contributed by atoms with Gasteiger partial charge in [0.15, 0.2) is 0 Å². The maximum absolute atomic E-state index is 12.3. The number of imide groups is 1. The van der Waals surface area contributed by atoms with Crippen LogP contribution in [0.4, 0.5) is 0 Å². The van der Waals surface area contributed by atoms with Crippen LogP contribution >= 0.6 is 0 Å². The second-order valence-electron chi connectivity index (χ2n) is 7.38. The lowest BCUT2D eigenvalue weighted by molar-refractivity contribution is -0.136. The summed E-state index contributed by atoms with van der Waals surface area (Å²) in [6.45, 7) is 12.7. The highest BCUT2D eigenvalue weighted by Crippen LogP contribution is 2.37. The first-order chi connectivity index (χ1) is 15.1. The number of carbonyl (C=O) groups is 2. The van der Waals surface area contributed by atoms with E-state index in [2.05, 4.69) is 41.3 Å². The number of aryl methyl sites for hydroxylation is 1. The molecule has 2 aliphatic heterocycles. The van der Waals surface area contributed by atoms with Crippen LogP contribution in [0.5, 0.6) is 0 Å². The van der Waals surface area contributed by atoms with Crippen molar-refractivity contribution in [1.29, 1.82) is 0 Å². The predicted octanol–water partition coefficient (Wildman–Crippen LogP) is 4.50. The van der Waals surface area contributed by atoms with Crippen LogP contribution in [-0.4, -0.2) is 27.7 Å². The predicted molar refractivity (Wildman–Crippen MR) is 124 cm³/mol. The van der Waals surface area contributed by atoms with Gasteiger partial charge < -0.3 is 4.90 Å². The molecule has 1 N–H and O–H groups in total. The van der Waals surface area contributed by atoms with Crippen LogP contribution in [0.25, 0.3) is 11.3 Å². The van der Waals surface area contributed by atoms with Gasteiger partial charge in [0.05, 0.1) is 0 Å². The van der Waals surface area contributed by atoms with Gasteiger partial charge in [0.1, 0.15) is 6.04 Å². The lowest BCUT2D eigenvalue weighted by Gasteiger charge is -2.31. The number of amides is 2. The molecule has 1 aromatic heterocycles. The van der Waals surface area contributed by atoms with Crippen molar-refractivity contribution in [2.45, 2.75) is 52.1 Å². The number of nitrogens with one attached hydrogen (secondary N) is 1. The summed E-state index contributed by atoms with van der Waals surface area (Å²) in [6, 6.07) is 9.80. The molecule has 1 aromatic carbocycles. The molecular weight excluding hydrogens is 386 g/mol. The molecule has 5 heteroatoms. The van der Waals surface area contributed by atoms with Crippen molar-refractivity contribution < 1.29 is 9.59 Å². The molecule has 2 amide bonds. The van der Waals surface area contributed by atoms with E-state index in [-0.39, 0.29) is 17.9 Å². The van der Waals surface area contributed by atoms with Crippen molar-refractivity contribution in [3.63, 3.8) is 0 Å². The van der Waals surface area contributed by atoms with Crippen LogP contribution in [-0.2, 0) is 22.6 Å². The number of hydrogen-bond acceptors (Lipinski definition) is 4. The number of pyridine rings is 1. The van der Waals surface area contributed by atoms with E-state index < -0.39 is 0 Å². The Morgan fingerprint density at radius 2 is 2.06 bits per heavy atom. The Morgan fingerprint density at radius 1 is 1.26 bits per heavy atom. The van der Waals surface area contributed by atoms with Crippen molar-refractivity contribution in [2.24, 2.45) is 0 Å². The Bertz CT molecular complexity index is 1040. The average molecular weight is 416 g/mol. The molecule has 4 rings (SSSR count). The van der Waals surface area contributed by atoms with Crippen molar-refractivity contribution in [3.8, 4) is 0 Å². The summed E-state index contributed by atoms with van der Waals surface area (Å²) >= 11 is 0. The zero-order valence-corrected chi connectivity index (χ0v) is 18.3. The van der Waals surface area contributed by atoms with Gasteiger partial charge in [-0.2, -0.15) is 0 Å². The molecule has 0 aliphatic carbocycles. The molecule has 160 valence electrons. The Hall–Kier alpha value is -3.43. The van der Waals surface area contributed by atoms with E-state index in [1.54, 1.807) is 6.20 Å². The highest BCUT2D eigenvalue weighted by molar-refractivity contribution is 6.01. The number of piperidine rings is 1. The monoisotopic (exact) mass is 415 g/mol. The first-order valence-corrected chi connectivity index (χ1v) is 10.8. The second kappa shape index (κ2) is 10.1. The molecule has 0 saturated carbocycles. The van der Waals surface area contributed by atoms with Gasteiger partial charge in [-0.1, -0.05) is 51.3 Å². The van der Waals surface area contributed by atoms with Crippen molar-refractivity contribution in [1.82, 2.24) is 15.2 Å². The van der Waals surface area contributed by atoms with Crippen LogP contribution in [0, 0.1) is 0 Å². The van der Waals surface area contributed by atoms with Crippen LogP contribution < -0.4 is 5.32 Å². The third kappa shape index (κ3) is 4.68. The van der Waals surface area contributed by atoms with Crippen LogP contribution in [0.3, 0.4) is 0 Å². The van der Waals surface area contributed by atoms with Gasteiger partial charge in [-0.15, -0.1) is 5.73 Å². The summed E-state index contributed by atoms with van der Waals surface area (Å²) in [7, 11) is 0. The van der Waals surface area contributed by atoms with E-state index in [0.29, 0.717) is 19.4 Å². The summed E-state index contributed by atoms with van der Waals surface area (Å²) in [5.41, 5.74) is 9.49. The summed E-state index contributed by atoms with van der Waals surface area (Å²) in [5, 5.41) is 2.45. The number of benzene rings is 1. The maximum Gasteiger partial charge on any atom is 0.249 e. The zero-order valence-electron chi connectivity index (χ0n) is 18.3. The van der Waals surface area contributed by atoms with Crippen molar-refractivity contribution in [3.05, 3.63) is 83.9 Å². The topological polar surface area (TPSA) is 62.3 Å². The number of hydrogen-bond donors (Lipinski definition) is 1. The van der Waals surface area contributed by atoms with Gasteiger partial charge in [-0.3, -0.25) is 19.9 Å². The Labute approximate surface area is 184 Å². The number of fused-ring (bicyclic) bond motifs is 1. The molecule has 1 saturated heterocycles. The lowest BCUT2D eigenvalue weighted by Crippen LogP contribution is -2.50. The second-order valence-corrected chi connectivity index (χ2v) is 7.38. The van der Waals surface area contributed by atoms with E-state index in [1.165, 1.54) is 11.1 Å². The summed E-state index contributed by atoms with van der Waals surface area (Å²) in [6.07, 6.45) is 6.11. The minimum Gasteiger partial charge on any atom is -0.355 e. The van der Waals surface area contributed by atoms with Gasteiger partial charge in [0.2, 0.25) is 11.8 Å². The molecule has 1 atom stereocenters. The lowest BCUT2D eigenvalue weighted by atomic mass is 9.95. The number of nitrogens with zero attached hydrogens (tertiary/aromatic N) is 2. The Balaban J connectivity index is 0.00000132. The Morgan fingerprint density at radius 3 is 2.74 bits per heavy atom. The number of allylic oxidation sites excluding steroid dienone is 1. The van der Waals surface area contributed by atoms with Crippen molar-refractivity contribution >= 4 is 23.1 Å². The summed E-state index contributed by atoms with van der Waals surface area (Å²) in [4.78, 5) is 30.0. The van der Waals surface area contributed by atoms with Gasteiger partial charge in [-0.25, -0.2) is 0 Å². The van der Waals surface area contributed by atoms with E-state index in [1.807, 2.05) is 43.1 Å². The van der Waals surface area contributed by atoms with E-state index >= 15 is 0 Å². The molecule has 0 radical (unpaired) electrons. The number of rotatable bonds is 5. The van der Waals surface area contributed by atoms with Gasteiger partial charge in [0.25, 0.3) is 0 Å². The van der Waals surface area contributed by atoms with Crippen LogP contribution in [0.15, 0.2) is 61.6 Å². The van der Waals surface area contributed by atoms with E-state index in [9.17, 15) is 9.59 Å². The SMILES string of the molecule is C=C=C(CCc1cccc2c1CN(C1CCC(=O)NC1=O)C2=C)c1cccnc1.CC. The molecule has 5 nitrogen and oxygen atoms in total. The summed E-state index contributed by atoms with van der Waals surface area (Å²) < 4.78 is 0. The molecular formula is C26H29N3O2. The van der Waals surface area contributed by atoms with Gasteiger partial charge in [0, 0.05) is 47.8 Å². The van der Waals surface area contributed by atoms with Crippen molar-refractivity contribution in [2.75, 3.05) is 0 Å². The molecule has 3 heterocycles. The fourth-order valence-corrected chi connectivity index (χ4v) is 4.16. The molecule has 31 heavy (non-hydrogen) atoms. The Kier molecular flexibility index (Phi) is 7.22. The first-order valence-electron chi connectivity index (χ1n) is 10.8. The van der Waals surface area contributed by atoms with E-state index in [0.717, 1.165) is 35.2 Å². The van der Waals surface area contributed by atoms with Gasteiger partial charge in [-0.05, 0) is 36.5 Å². The molecule has 0 spiro atoms. The quantitative estimate of drug-likeness (QED) is 0.577. The normalized spacial score (nSPS) is 17.3. The summed E-state index contributed by atoms with van der Waals surface area (Å²) in [5.74, 6) is -0.432. The first kappa shape index (κ1) is 22.3. The fourth-order valence-electron chi connectivity index (χ4n) is 4.16. The number of carbonyl (C=O) groups excluding carboxylic acids is 2. The highest BCUT2D eigenvalue weighted by atomic mass is 16.2. The van der Waals surface area contributed by atoms with E-state index in [4.69, 9.17) is 0 Å². The van der Waals surface area contributed by atoms with Crippen LogP contribution in [0.1, 0.15) is 55.4 Å². The van der Waals surface area contributed by atoms with Crippen LogP contribution in [0.2, 0.25) is 0 Å². The minimum absolute atomic E-state index is 0.201. The standard InChI is InChI=1S/C24H23N3O2.C2H6/c1-3-17(19-7-5-13-25-14-19)9-10-18-6-4-8-20-16(2)27(15-21(18)20)22-11-12-23(28)26-24(22)29;1-2/h4-8,13-14,22H,1-2,9-12,15H2,(H,26,28,29);1-2H3. The molecule has 0 bridgehead atoms. The fraction of sp³-hybridized carbons (Fsp3) is 0.308. The molecule has 2 aromatic rings. The zero-order chi connectivity index (χ0) is 22.4. The van der Waals surface area contributed by atoms with Gasteiger partial charge >= 0.3 is 0 Å². The largest absolute Gasteiger partial charge is 0.355 e. The molecule has 1 unspecified atom stereocenters. The number of aromatic nitrogens is 1. The molecule has 1 fully saturated rings. The minimum atomic E-state index is -0.348. The maximum atomic E-state index is 12.3. The average Bonchev–Trinajstić information content (AvgIpc) is 3.13. The smallest absolute Gasteiger partial charge is 0.249 e. The third-order valence-corrected chi connectivity index (χ3v) is 5.71. The third-order valence-electron chi connectivity index (χ3n) is 5.71.